The second-order valence-corrected chi connectivity index (χ2v) is 4.36. The van der Waals surface area contributed by atoms with Crippen molar-refractivity contribution in [2.75, 3.05) is 20.1 Å². The topological polar surface area (TPSA) is 20.3 Å². The van der Waals surface area contributed by atoms with Crippen molar-refractivity contribution >= 4 is 17.1 Å². The van der Waals surface area contributed by atoms with Crippen molar-refractivity contribution < 1.29 is 4.79 Å². The standard InChI is InChI=1S/C15H17NO/c1-16(10-11-17)9-8-13-6-7-14-4-2-3-5-15(14)12-13/h2-7,11-12H,8-10H2,1H3. The SMILES string of the molecule is CN(CC=O)CCc1ccc2ccccc2c1. The quantitative estimate of drug-likeness (QED) is 0.731. The summed E-state index contributed by atoms with van der Waals surface area (Å²) >= 11 is 0. The molecule has 2 aromatic rings. The van der Waals surface area contributed by atoms with E-state index >= 15 is 0 Å². The molecule has 0 amide bonds. The van der Waals surface area contributed by atoms with Crippen molar-refractivity contribution in [1.29, 1.82) is 0 Å². The van der Waals surface area contributed by atoms with Crippen LogP contribution in [-0.2, 0) is 11.2 Å². The smallest absolute Gasteiger partial charge is 0.133 e. The molecule has 0 unspecified atom stereocenters. The van der Waals surface area contributed by atoms with Gasteiger partial charge in [0, 0.05) is 6.54 Å². The zero-order valence-electron chi connectivity index (χ0n) is 10.1. The lowest BCUT2D eigenvalue weighted by Gasteiger charge is -2.12. The Morgan fingerprint density at radius 2 is 1.88 bits per heavy atom. The van der Waals surface area contributed by atoms with Gasteiger partial charge in [-0.2, -0.15) is 0 Å². The summed E-state index contributed by atoms with van der Waals surface area (Å²) in [5, 5.41) is 2.56. The molecule has 0 N–H and O–H groups in total. The summed E-state index contributed by atoms with van der Waals surface area (Å²) < 4.78 is 0. The maximum absolute atomic E-state index is 10.4. The van der Waals surface area contributed by atoms with Crippen LogP contribution in [0.1, 0.15) is 5.56 Å². The molecule has 0 aliphatic heterocycles. The van der Waals surface area contributed by atoms with E-state index < -0.39 is 0 Å². The van der Waals surface area contributed by atoms with Gasteiger partial charge < -0.3 is 4.79 Å². The summed E-state index contributed by atoms with van der Waals surface area (Å²) in [5.41, 5.74) is 1.32. The first-order valence-electron chi connectivity index (χ1n) is 5.89. The molecular weight excluding hydrogens is 210 g/mol. The van der Waals surface area contributed by atoms with Gasteiger partial charge in [-0.1, -0.05) is 42.5 Å². The van der Waals surface area contributed by atoms with Gasteiger partial charge in [0.2, 0.25) is 0 Å². The zero-order valence-corrected chi connectivity index (χ0v) is 10.1. The van der Waals surface area contributed by atoms with Crippen molar-refractivity contribution in [2.45, 2.75) is 6.42 Å². The van der Waals surface area contributed by atoms with E-state index in [-0.39, 0.29) is 0 Å². The highest BCUT2D eigenvalue weighted by molar-refractivity contribution is 5.82. The molecule has 0 saturated heterocycles. The predicted octanol–water partition coefficient (Wildman–Crippen LogP) is 2.51. The van der Waals surface area contributed by atoms with E-state index in [1.54, 1.807) is 0 Å². The summed E-state index contributed by atoms with van der Waals surface area (Å²) in [6.45, 7) is 1.42. The van der Waals surface area contributed by atoms with Crippen LogP contribution in [0, 0.1) is 0 Å². The maximum atomic E-state index is 10.4. The minimum Gasteiger partial charge on any atom is -0.302 e. The van der Waals surface area contributed by atoms with E-state index in [0.29, 0.717) is 6.54 Å². The van der Waals surface area contributed by atoms with Crippen molar-refractivity contribution in [1.82, 2.24) is 4.90 Å². The van der Waals surface area contributed by atoms with Gasteiger partial charge in [0.1, 0.15) is 6.29 Å². The molecule has 0 aliphatic rings. The highest BCUT2D eigenvalue weighted by atomic mass is 16.1. The highest BCUT2D eigenvalue weighted by Gasteiger charge is 1.99. The minimum atomic E-state index is 0.508. The average molecular weight is 227 g/mol. The zero-order chi connectivity index (χ0) is 12.1. The fraction of sp³-hybridized carbons (Fsp3) is 0.267. The molecule has 0 fully saturated rings. The van der Waals surface area contributed by atoms with Gasteiger partial charge in [-0.15, -0.1) is 0 Å². The van der Waals surface area contributed by atoms with E-state index in [0.717, 1.165) is 19.3 Å². The molecule has 2 heteroatoms. The second-order valence-electron chi connectivity index (χ2n) is 4.36. The predicted molar refractivity (Wildman–Crippen MR) is 71.2 cm³/mol. The summed E-state index contributed by atoms with van der Waals surface area (Å²) in [5.74, 6) is 0. The van der Waals surface area contributed by atoms with E-state index in [9.17, 15) is 4.79 Å². The third kappa shape index (κ3) is 3.14. The number of benzene rings is 2. The van der Waals surface area contributed by atoms with Gasteiger partial charge in [0.15, 0.2) is 0 Å². The Hall–Kier alpha value is -1.67. The molecular formula is C15H17NO. The van der Waals surface area contributed by atoms with Crippen LogP contribution in [0.25, 0.3) is 10.8 Å². The molecule has 2 nitrogen and oxygen atoms in total. The number of likely N-dealkylation sites (N-methyl/N-ethyl adjacent to an activating group) is 1. The molecule has 0 aromatic heterocycles. The van der Waals surface area contributed by atoms with Gasteiger partial charge in [-0.25, -0.2) is 0 Å². The molecule has 0 atom stereocenters. The van der Waals surface area contributed by atoms with E-state index in [2.05, 4.69) is 42.5 Å². The van der Waals surface area contributed by atoms with Crippen LogP contribution in [0.3, 0.4) is 0 Å². The minimum absolute atomic E-state index is 0.508. The number of rotatable bonds is 5. The van der Waals surface area contributed by atoms with Crippen molar-refractivity contribution in [3.63, 3.8) is 0 Å². The molecule has 0 saturated carbocycles. The molecule has 0 heterocycles. The normalized spacial score (nSPS) is 10.9. The van der Waals surface area contributed by atoms with E-state index in [4.69, 9.17) is 0 Å². The molecule has 88 valence electrons. The molecule has 17 heavy (non-hydrogen) atoms. The third-order valence-corrected chi connectivity index (χ3v) is 2.98. The molecule has 2 rings (SSSR count). The Labute approximate surface area is 102 Å². The number of hydrogen-bond donors (Lipinski definition) is 0. The summed E-state index contributed by atoms with van der Waals surface area (Å²) in [6, 6.07) is 14.9. The largest absolute Gasteiger partial charge is 0.302 e. The number of carbonyl (C=O) groups excluding carboxylic acids is 1. The Kier molecular flexibility index (Phi) is 3.89. The maximum Gasteiger partial charge on any atom is 0.133 e. The van der Waals surface area contributed by atoms with Crippen LogP contribution < -0.4 is 0 Å². The summed E-state index contributed by atoms with van der Waals surface area (Å²) in [7, 11) is 1.97. The van der Waals surface area contributed by atoms with Crippen LogP contribution in [0.5, 0.6) is 0 Å². The number of nitrogens with zero attached hydrogens (tertiary/aromatic N) is 1. The molecule has 0 aliphatic carbocycles. The first kappa shape index (κ1) is 11.8. The first-order valence-corrected chi connectivity index (χ1v) is 5.89. The number of hydrogen-bond acceptors (Lipinski definition) is 2. The van der Waals surface area contributed by atoms with Gasteiger partial charge in [0.25, 0.3) is 0 Å². The lowest BCUT2D eigenvalue weighted by molar-refractivity contribution is -0.108. The summed E-state index contributed by atoms with van der Waals surface area (Å²) in [4.78, 5) is 12.4. The van der Waals surface area contributed by atoms with Gasteiger partial charge in [-0.05, 0) is 29.8 Å². The third-order valence-electron chi connectivity index (χ3n) is 2.98. The fourth-order valence-corrected chi connectivity index (χ4v) is 1.93. The van der Waals surface area contributed by atoms with Gasteiger partial charge in [0.05, 0.1) is 6.54 Å². The van der Waals surface area contributed by atoms with Crippen molar-refractivity contribution in [2.24, 2.45) is 0 Å². The van der Waals surface area contributed by atoms with Gasteiger partial charge >= 0.3 is 0 Å². The second kappa shape index (κ2) is 5.60. The molecule has 0 radical (unpaired) electrons. The molecule has 0 spiro atoms. The fourth-order valence-electron chi connectivity index (χ4n) is 1.93. The van der Waals surface area contributed by atoms with Crippen LogP contribution in [0.15, 0.2) is 42.5 Å². The lowest BCUT2D eigenvalue weighted by Crippen LogP contribution is -2.23. The van der Waals surface area contributed by atoms with Crippen LogP contribution in [-0.4, -0.2) is 31.3 Å². The van der Waals surface area contributed by atoms with Crippen molar-refractivity contribution in [3.8, 4) is 0 Å². The monoisotopic (exact) mass is 227 g/mol. The van der Waals surface area contributed by atoms with Crippen LogP contribution in [0.2, 0.25) is 0 Å². The average Bonchev–Trinajstić information content (AvgIpc) is 2.36. The lowest BCUT2D eigenvalue weighted by atomic mass is 10.1. The van der Waals surface area contributed by atoms with Crippen LogP contribution >= 0.6 is 0 Å². The van der Waals surface area contributed by atoms with E-state index in [1.807, 2.05) is 11.9 Å². The Morgan fingerprint density at radius 1 is 1.12 bits per heavy atom. The highest BCUT2D eigenvalue weighted by Crippen LogP contribution is 2.15. The van der Waals surface area contributed by atoms with Crippen LogP contribution in [0.4, 0.5) is 0 Å². The molecule has 2 aromatic carbocycles. The Balaban J connectivity index is 2.06. The first-order chi connectivity index (χ1) is 8.29. The van der Waals surface area contributed by atoms with E-state index in [1.165, 1.54) is 16.3 Å². The Morgan fingerprint density at radius 3 is 2.65 bits per heavy atom. The Bertz CT molecular complexity index is 507. The van der Waals surface area contributed by atoms with Crippen molar-refractivity contribution in [3.05, 3.63) is 48.0 Å². The molecule has 0 bridgehead atoms. The number of carbonyl (C=O) groups is 1. The number of aldehydes is 1. The van der Waals surface area contributed by atoms with Gasteiger partial charge in [-0.3, -0.25) is 4.90 Å². The summed E-state index contributed by atoms with van der Waals surface area (Å²) in [6.07, 6.45) is 1.93. The number of fused-ring (bicyclic) bond motifs is 1.